The van der Waals surface area contributed by atoms with Crippen LogP contribution in [-0.2, 0) is 56.2 Å². The number of hydrogen-bond acceptors (Lipinski definition) is 19. The van der Waals surface area contributed by atoms with Crippen molar-refractivity contribution in [3.63, 3.8) is 0 Å². The number of nitrogens with two attached hydrogens (primary N) is 2. The zero-order chi connectivity index (χ0) is 31.0. The molecule has 0 spiro atoms. The van der Waals surface area contributed by atoms with Gasteiger partial charge in [0.15, 0.2) is 30.7 Å². The smallest absolute Gasteiger partial charge is 0.780 e. The van der Waals surface area contributed by atoms with Crippen LogP contribution in [0.15, 0.2) is 31.2 Å². The molecule has 0 saturated carbocycles. The number of hydrogen-bond donors (Lipinski definition) is 4. The quantitative estimate of drug-likeness (QED) is 0.0847. The third-order valence-corrected chi connectivity index (χ3v) is 10.5. The van der Waals surface area contributed by atoms with Crippen molar-refractivity contribution in [2.24, 2.45) is 0 Å². The first-order valence-corrected chi connectivity index (χ1v) is 18.0. The van der Waals surface area contributed by atoms with Gasteiger partial charge in [-0.05, 0) is 6.07 Å². The van der Waals surface area contributed by atoms with Crippen molar-refractivity contribution in [3.05, 3.63) is 31.2 Å². The fourth-order valence-electron chi connectivity index (χ4n) is 5.35. The number of aliphatic hydroxyl groups excluding tert-OH is 2. The number of fused-ring (bicyclic) bond motifs is 5. The number of nitrogen functional groups attached to an aromatic ring is 2. The molecule has 2 bridgehead atoms. The molecule has 7 heterocycles. The van der Waals surface area contributed by atoms with Gasteiger partial charge in [0.2, 0.25) is 0 Å². The van der Waals surface area contributed by atoms with Gasteiger partial charge in [0, 0.05) is 6.20 Å². The van der Waals surface area contributed by atoms with Crippen LogP contribution in [0.1, 0.15) is 12.5 Å². The summed E-state index contributed by atoms with van der Waals surface area (Å²) >= 11 is 10.3. The van der Waals surface area contributed by atoms with E-state index in [0.717, 1.165) is 0 Å². The van der Waals surface area contributed by atoms with Crippen LogP contribution in [0.5, 0.6) is 0 Å². The van der Waals surface area contributed by atoms with E-state index in [1.807, 2.05) is 0 Å². The van der Waals surface area contributed by atoms with Gasteiger partial charge in [-0.15, -0.1) is 0 Å². The van der Waals surface area contributed by atoms with E-state index in [2.05, 4.69) is 24.9 Å². The maximum Gasteiger partial charge on any atom is 1.00 e. The van der Waals surface area contributed by atoms with E-state index in [4.69, 9.17) is 63.1 Å². The molecule has 3 saturated heterocycles. The van der Waals surface area contributed by atoms with Crippen molar-refractivity contribution in [1.29, 1.82) is 0 Å². The Morgan fingerprint density at radius 3 is 2.33 bits per heavy atom. The summed E-state index contributed by atoms with van der Waals surface area (Å²) in [4.78, 5) is 33.8. The van der Waals surface area contributed by atoms with E-state index < -0.39 is 75.8 Å². The monoisotopic (exact) mass is 733 g/mol. The summed E-state index contributed by atoms with van der Waals surface area (Å²) in [5.74, 6) is 0.289. The van der Waals surface area contributed by atoms with Gasteiger partial charge in [-0.1, -0.05) is 11.8 Å². The van der Waals surface area contributed by atoms with E-state index in [1.165, 1.54) is 28.1 Å². The summed E-state index contributed by atoms with van der Waals surface area (Å²) in [5, 5.41) is 22.8. The summed E-state index contributed by atoms with van der Waals surface area (Å²) in [6.07, 6.45) is -5.38. The molecular formula is C21H23N9Na2O10P2S2. The van der Waals surface area contributed by atoms with Gasteiger partial charge < -0.3 is 71.0 Å². The Labute approximate surface area is 314 Å². The van der Waals surface area contributed by atoms with Crippen LogP contribution in [0.2, 0.25) is 0 Å². The summed E-state index contributed by atoms with van der Waals surface area (Å²) in [7, 11) is 0. The van der Waals surface area contributed by atoms with E-state index in [1.54, 1.807) is 12.3 Å². The van der Waals surface area contributed by atoms with Gasteiger partial charge in [0.1, 0.15) is 73.0 Å². The van der Waals surface area contributed by atoms with Crippen molar-refractivity contribution >= 4 is 71.4 Å². The molecule has 7 rings (SSSR count). The second-order valence-electron chi connectivity index (χ2n) is 10.0. The van der Waals surface area contributed by atoms with Crippen molar-refractivity contribution in [2.45, 2.75) is 49.1 Å². The first-order valence-electron chi connectivity index (χ1n) is 12.9. The fraction of sp³-hybridized carbons (Fsp3) is 0.476. The standard InChI is InChI=1S/C21H25N9O10P2S2.2Na/c22-16-8-1-2-29(18(8)26-5-24-16)21-15-12(31)9(37-21)3-35-41(33,43)39-14-10(4-36-42(34,44)40-15)38-20(13(14)32)30-7-28-11-17(23)25-6-27-19(11)30;;/h1-2,5-7,9-10,12-15,20-21,31-32H,3-4H2,(H,33,43)(H,34,44)(H2,22,24,26)(H2,23,25,27);;/q;2*+1/p-2/t9-,10-,12-,13-,14-,15-,20-,21-,41?,42?;;/m1../s1. The fourth-order valence-corrected chi connectivity index (χ4v) is 8.18. The van der Waals surface area contributed by atoms with Gasteiger partial charge in [0.05, 0.1) is 24.9 Å². The van der Waals surface area contributed by atoms with E-state index >= 15 is 0 Å². The van der Waals surface area contributed by atoms with Crippen LogP contribution in [0.25, 0.3) is 22.2 Å². The van der Waals surface area contributed by atoms with Gasteiger partial charge in [-0.3, -0.25) is 9.13 Å². The molecule has 6 N–H and O–H groups in total. The summed E-state index contributed by atoms with van der Waals surface area (Å²) in [6, 6.07) is 1.62. The van der Waals surface area contributed by atoms with E-state index in [0.29, 0.717) is 11.0 Å². The Morgan fingerprint density at radius 2 is 1.57 bits per heavy atom. The molecule has 3 aliphatic rings. The number of aliphatic hydroxyl groups is 2. The summed E-state index contributed by atoms with van der Waals surface area (Å²) < 4.78 is 50.4. The van der Waals surface area contributed by atoms with Crippen LogP contribution in [0, 0.1) is 0 Å². The van der Waals surface area contributed by atoms with Crippen LogP contribution in [-0.4, -0.2) is 94.1 Å². The predicted molar refractivity (Wildman–Crippen MR) is 152 cm³/mol. The summed E-state index contributed by atoms with van der Waals surface area (Å²) in [6.45, 7) is -9.92. The topological polar surface area (TPSA) is 262 Å². The molecule has 10 atom stereocenters. The Morgan fingerprint density at radius 1 is 0.891 bits per heavy atom. The first kappa shape index (κ1) is 36.9. The van der Waals surface area contributed by atoms with Gasteiger partial charge in [-0.25, -0.2) is 24.9 Å². The molecule has 19 nitrogen and oxygen atoms in total. The number of rotatable bonds is 2. The maximum atomic E-state index is 13.5. The zero-order valence-electron chi connectivity index (χ0n) is 24.1. The molecule has 2 unspecified atom stereocenters. The van der Waals surface area contributed by atoms with Crippen LogP contribution in [0.3, 0.4) is 0 Å². The number of ether oxygens (including phenoxy) is 2. The third-order valence-electron chi connectivity index (χ3n) is 7.39. The first-order chi connectivity index (χ1) is 20.9. The SMILES string of the molecule is Nc1ncnc2c1ccn2[C@@H]1O[C@@H]2COP(=O)([S-])O[C@H]3[C@@H](O)[C@H](n4cnc5c(N)ncnc54)O[C@@H]3COP([O-])(=S)O[C@@H]1[C@@H]2O.[Na+].[Na+]. The predicted octanol–water partition coefficient (Wildman–Crippen LogP) is -6.98. The van der Waals surface area contributed by atoms with Crippen molar-refractivity contribution in [3.8, 4) is 0 Å². The number of imidazole rings is 1. The average molecular weight is 734 g/mol. The number of nitrogens with zero attached hydrogens (tertiary/aromatic N) is 7. The van der Waals surface area contributed by atoms with E-state index in [9.17, 15) is 19.7 Å². The number of anilines is 2. The molecular weight excluding hydrogens is 710 g/mol. The molecule has 236 valence electrons. The molecule has 0 radical (unpaired) electrons. The molecule has 3 fully saturated rings. The third kappa shape index (κ3) is 6.85. The largest absolute Gasteiger partial charge is 1.00 e. The van der Waals surface area contributed by atoms with Gasteiger partial charge in [-0.2, -0.15) is 0 Å². The van der Waals surface area contributed by atoms with Crippen molar-refractivity contribution in [2.75, 3.05) is 24.7 Å². The minimum atomic E-state index is -4.41. The Bertz CT molecular complexity index is 1840. The minimum Gasteiger partial charge on any atom is -0.780 e. The molecule has 0 aromatic carbocycles. The number of aromatic nitrogens is 7. The minimum absolute atomic E-state index is 0. The van der Waals surface area contributed by atoms with Crippen LogP contribution >= 0.6 is 13.5 Å². The maximum absolute atomic E-state index is 13.5. The Kier molecular flexibility index (Phi) is 11.3. The molecule has 4 aromatic heterocycles. The van der Waals surface area contributed by atoms with Gasteiger partial charge in [0.25, 0.3) is 0 Å². The molecule has 25 heteroatoms. The molecule has 46 heavy (non-hydrogen) atoms. The van der Waals surface area contributed by atoms with Crippen molar-refractivity contribution < 1.29 is 106 Å². The van der Waals surface area contributed by atoms with Gasteiger partial charge >= 0.3 is 59.1 Å². The molecule has 4 aromatic rings. The second-order valence-corrected chi connectivity index (χ2v) is 15.4. The molecule has 3 aliphatic heterocycles. The van der Waals surface area contributed by atoms with Crippen LogP contribution < -0.4 is 75.5 Å². The summed E-state index contributed by atoms with van der Waals surface area (Å²) in [5.41, 5.74) is 12.6. The molecule has 0 amide bonds. The average Bonchev–Trinajstić information content (AvgIpc) is 3.73. The van der Waals surface area contributed by atoms with E-state index in [-0.39, 0.29) is 81.9 Å². The van der Waals surface area contributed by atoms with Crippen LogP contribution in [0.4, 0.5) is 11.6 Å². The normalized spacial score (nSPS) is 36.6. The molecule has 0 aliphatic carbocycles. The Hall–Kier alpha value is -0.360. The van der Waals surface area contributed by atoms with Crippen molar-refractivity contribution in [1.82, 2.24) is 34.1 Å². The Balaban J connectivity index is 0.00000208. The zero-order valence-corrected chi connectivity index (χ0v) is 31.5. The second kappa shape index (κ2) is 14.1.